The number of hydrogen-bond donors (Lipinski definition) is 1. The third-order valence-corrected chi connectivity index (χ3v) is 4.13. The van der Waals surface area contributed by atoms with Crippen molar-refractivity contribution in [2.45, 2.75) is 19.5 Å². The molecular formula is C11H15FN2S. The lowest BCUT2D eigenvalue weighted by Crippen LogP contribution is -2.33. The number of pyridine rings is 1. The average molecular weight is 226 g/mol. The van der Waals surface area contributed by atoms with E-state index in [9.17, 15) is 4.39 Å². The van der Waals surface area contributed by atoms with Crippen molar-refractivity contribution in [1.29, 1.82) is 0 Å². The van der Waals surface area contributed by atoms with Crippen LogP contribution in [-0.4, -0.2) is 22.5 Å². The van der Waals surface area contributed by atoms with E-state index < -0.39 is 0 Å². The van der Waals surface area contributed by atoms with Crippen molar-refractivity contribution < 1.29 is 4.39 Å². The van der Waals surface area contributed by atoms with Crippen molar-refractivity contribution in [1.82, 2.24) is 10.3 Å². The van der Waals surface area contributed by atoms with Gasteiger partial charge < -0.3 is 5.32 Å². The molecule has 15 heavy (non-hydrogen) atoms. The molecule has 2 atom stereocenters. The van der Waals surface area contributed by atoms with Crippen molar-refractivity contribution in [3.63, 3.8) is 0 Å². The van der Waals surface area contributed by atoms with E-state index in [0.717, 1.165) is 5.75 Å². The highest BCUT2D eigenvalue weighted by Crippen LogP contribution is 2.23. The van der Waals surface area contributed by atoms with Crippen LogP contribution in [0.5, 0.6) is 0 Å². The summed E-state index contributed by atoms with van der Waals surface area (Å²) in [6.45, 7) is 2.84. The Kier molecular flexibility index (Phi) is 3.59. The zero-order valence-electron chi connectivity index (χ0n) is 8.74. The molecule has 1 aromatic rings. The summed E-state index contributed by atoms with van der Waals surface area (Å²) in [6, 6.07) is 2.25. The van der Waals surface area contributed by atoms with Gasteiger partial charge in [0, 0.05) is 30.1 Å². The van der Waals surface area contributed by atoms with Crippen molar-refractivity contribution in [3.8, 4) is 0 Å². The third kappa shape index (κ3) is 2.69. The van der Waals surface area contributed by atoms with Crippen LogP contribution in [0.1, 0.15) is 12.5 Å². The topological polar surface area (TPSA) is 24.9 Å². The molecule has 4 heteroatoms. The van der Waals surface area contributed by atoms with E-state index in [1.54, 1.807) is 12.3 Å². The minimum absolute atomic E-state index is 0.219. The molecule has 0 bridgehead atoms. The Balaban J connectivity index is 1.90. The van der Waals surface area contributed by atoms with E-state index in [-0.39, 0.29) is 5.82 Å². The Morgan fingerprint density at radius 2 is 2.47 bits per heavy atom. The molecule has 1 N–H and O–H groups in total. The van der Waals surface area contributed by atoms with Crippen LogP contribution in [-0.2, 0) is 6.54 Å². The van der Waals surface area contributed by atoms with Crippen molar-refractivity contribution in [3.05, 3.63) is 29.8 Å². The van der Waals surface area contributed by atoms with Crippen LogP contribution in [0.2, 0.25) is 0 Å². The molecule has 2 rings (SSSR count). The monoisotopic (exact) mass is 226 g/mol. The number of aromatic nitrogens is 1. The molecule has 1 aliphatic heterocycles. The van der Waals surface area contributed by atoms with Gasteiger partial charge in [-0.15, -0.1) is 0 Å². The fourth-order valence-corrected chi connectivity index (χ4v) is 3.15. The average Bonchev–Trinajstić information content (AvgIpc) is 2.63. The van der Waals surface area contributed by atoms with E-state index >= 15 is 0 Å². The van der Waals surface area contributed by atoms with Gasteiger partial charge in [0.25, 0.3) is 0 Å². The van der Waals surface area contributed by atoms with E-state index in [1.807, 2.05) is 11.8 Å². The normalized spacial score (nSPS) is 25.7. The van der Waals surface area contributed by atoms with Gasteiger partial charge in [-0.05, 0) is 17.7 Å². The Hall–Kier alpha value is -0.610. The standard InChI is InChI=1S/C11H15FN2S/c1-8-6-15-7-11(8)14-4-9-2-3-13-5-10(9)12/h2-3,5,8,11,14H,4,6-7H2,1H3. The summed E-state index contributed by atoms with van der Waals surface area (Å²) in [6.07, 6.45) is 2.90. The maximum absolute atomic E-state index is 13.3. The van der Waals surface area contributed by atoms with Crippen molar-refractivity contribution >= 4 is 11.8 Å². The summed E-state index contributed by atoms with van der Waals surface area (Å²) in [5.41, 5.74) is 0.703. The Morgan fingerprint density at radius 1 is 1.60 bits per heavy atom. The van der Waals surface area contributed by atoms with E-state index in [0.29, 0.717) is 24.1 Å². The van der Waals surface area contributed by atoms with Gasteiger partial charge in [0.15, 0.2) is 0 Å². The zero-order valence-corrected chi connectivity index (χ0v) is 9.56. The predicted molar refractivity (Wildman–Crippen MR) is 61.3 cm³/mol. The van der Waals surface area contributed by atoms with Crippen molar-refractivity contribution in [2.24, 2.45) is 5.92 Å². The molecule has 2 nitrogen and oxygen atoms in total. The second-order valence-corrected chi connectivity index (χ2v) is 5.04. The van der Waals surface area contributed by atoms with Crippen LogP contribution in [0.15, 0.2) is 18.5 Å². The summed E-state index contributed by atoms with van der Waals surface area (Å²) in [5.74, 6) is 2.80. The maximum Gasteiger partial charge on any atom is 0.145 e. The Morgan fingerprint density at radius 3 is 3.13 bits per heavy atom. The van der Waals surface area contributed by atoms with E-state index in [4.69, 9.17) is 0 Å². The molecule has 0 amide bonds. The predicted octanol–water partition coefficient (Wildman–Crippen LogP) is 2.06. The highest BCUT2D eigenvalue weighted by atomic mass is 32.2. The molecule has 0 spiro atoms. The number of rotatable bonds is 3. The highest BCUT2D eigenvalue weighted by Gasteiger charge is 2.23. The van der Waals surface area contributed by atoms with Gasteiger partial charge in [-0.2, -0.15) is 11.8 Å². The van der Waals surface area contributed by atoms with Crippen LogP contribution in [0.4, 0.5) is 4.39 Å². The molecule has 0 radical (unpaired) electrons. The second kappa shape index (κ2) is 4.94. The number of nitrogens with one attached hydrogen (secondary N) is 1. The minimum atomic E-state index is -0.219. The summed E-state index contributed by atoms with van der Waals surface area (Å²) >= 11 is 1.96. The molecule has 0 aliphatic carbocycles. The highest BCUT2D eigenvalue weighted by molar-refractivity contribution is 7.99. The molecule has 2 heterocycles. The lowest BCUT2D eigenvalue weighted by Gasteiger charge is -2.16. The zero-order chi connectivity index (χ0) is 10.7. The molecular weight excluding hydrogens is 211 g/mol. The molecule has 1 fully saturated rings. The van der Waals surface area contributed by atoms with E-state index in [2.05, 4.69) is 17.2 Å². The van der Waals surface area contributed by atoms with Gasteiger partial charge >= 0.3 is 0 Å². The first-order valence-corrected chi connectivity index (χ1v) is 6.32. The van der Waals surface area contributed by atoms with Crippen LogP contribution >= 0.6 is 11.8 Å². The fourth-order valence-electron chi connectivity index (χ4n) is 1.71. The van der Waals surface area contributed by atoms with Gasteiger partial charge in [-0.25, -0.2) is 4.39 Å². The SMILES string of the molecule is CC1CSCC1NCc1ccncc1F. The summed E-state index contributed by atoms with van der Waals surface area (Å²) in [7, 11) is 0. The quantitative estimate of drug-likeness (QED) is 0.854. The van der Waals surface area contributed by atoms with Crippen molar-refractivity contribution in [2.75, 3.05) is 11.5 Å². The van der Waals surface area contributed by atoms with Crippen LogP contribution < -0.4 is 5.32 Å². The molecule has 0 saturated carbocycles. The van der Waals surface area contributed by atoms with Gasteiger partial charge in [0.1, 0.15) is 5.82 Å². The Bertz CT molecular complexity index is 332. The molecule has 2 unspecified atom stereocenters. The third-order valence-electron chi connectivity index (χ3n) is 2.78. The largest absolute Gasteiger partial charge is 0.309 e. The van der Waals surface area contributed by atoms with Gasteiger partial charge in [-0.3, -0.25) is 4.98 Å². The molecule has 82 valence electrons. The lowest BCUT2D eigenvalue weighted by molar-refractivity contribution is 0.447. The van der Waals surface area contributed by atoms with Gasteiger partial charge in [-0.1, -0.05) is 6.92 Å². The number of nitrogens with zero attached hydrogens (tertiary/aromatic N) is 1. The number of halogens is 1. The van der Waals surface area contributed by atoms with E-state index in [1.165, 1.54) is 11.9 Å². The van der Waals surface area contributed by atoms with Crippen LogP contribution in [0.25, 0.3) is 0 Å². The number of thioether (sulfide) groups is 1. The fraction of sp³-hybridized carbons (Fsp3) is 0.545. The summed E-state index contributed by atoms with van der Waals surface area (Å²) < 4.78 is 13.3. The summed E-state index contributed by atoms with van der Waals surface area (Å²) in [4.78, 5) is 3.73. The van der Waals surface area contributed by atoms with Gasteiger partial charge in [0.2, 0.25) is 0 Å². The summed E-state index contributed by atoms with van der Waals surface area (Å²) in [5, 5.41) is 3.40. The molecule has 0 aromatic carbocycles. The first-order valence-electron chi connectivity index (χ1n) is 5.17. The number of hydrogen-bond acceptors (Lipinski definition) is 3. The maximum atomic E-state index is 13.3. The van der Waals surface area contributed by atoms with Crippen LogP contribution in [0, 0.1) is 11.7 Å². The molecule has 1 aliphatic rings. The van der Waals surface area contributed by atoms with Gasteiger partial charge in [0.05, 0.1) is 6.20 Å². The first-order chi connectivity index (χ1) is 7.27. The molecule has 1 aromatic heterocycles. The van der Waals surface area contributed by atoms with Crippen LogP contribution in [0.3, 0.4) is 0 Å². The second-order valence-electron chi connectivity index (χ2n) is 3.97. The minimum Gasteiger partial charge on any atom is -0.309 e. The first kappa shape index (κ1) is 10.9. The smallest absolute Gasteiger partial charge is 0.145 e. The lowest BCUT2D eigenvalue weighted by atomic mass is 10.1. The molecule has 1 saturated heterocycles. The Labute approximate surface area is 93.7 Å².